The first-order chi connectivity index (χ1) is 18.6. The van der Waals surface area contributed by atoms with Crippen LogP contribution in [0.3, 0.4) is 0 Å². The second-order valence-electron chi connectivity index (χ2n) is 8.66. The zero-order chi connectivity index (χ0) is 26.3. The largest absolute Gasteiger partial charge is 0.383 e. The molecule has 8 heteroatoms. The van der Waals surface area contributed by atoms with Crippen LogP contribution in [-0.2, 0) is 16.1 Å². The Morgan fingerprint density at radius 2 is 1.55 bits per heavy atom. The topological polar surface area (TPSA) is 98.1 Å². The predicted octanol–water partition coefficient (Wildman–Crippen LogP) is 4.66. The van der Waals surface area contributed by atoms with E-state index < -0.39 is 0 Å². The number of methoxy groups -OCH3 is 1. The first-order valence-corrected chi connectivity index (χ1v) is 12.3. The molecule has 2 amide bonds. The molecule has 0 atom stereocenters. The fourth-order valence-electron chi connectivity index (χ4n) is 4.21. The normalized spacial score (nSPS) is 11.3. The lowest BCUT2D eigenvalue weighted by Gasteiger charge is -2.12. The number of fused-ring (bicyclic) bond motifs is 2. The van der Waals surface area contributed by atoms with E-state index in [1.807, 2.05) is 89.5 Å². The number of anilines is 1. The van der Waals surface area contributed by atoms with Crippen molar-refractivity contribution in [1.29, 1.82) is 0 Å². The van der Waals surface area contributed by atoms with Gasteiger partial charge in [0, 0.05) is 19.7 Å². The van der Waals surface area contributed by atoms with Gasteiger partial charge in [-0.1, -0.05) is 72.8 Å². The Balaban J connectivity index is 1.65. The maximum absolute atomic E-state index is 13.5. The van der Waals surface area contributed by atoms with Crippen molar-refractivity contribution in [2.45, 2.75) is 6.54 Å². The van der Waals surface area contributed by atoms with Gasteiger partial charge in [-0.2, -0.15) is 0 Å². The van der Waals surface area contributed by atoms with Crippen LogP contribution >= 0.6 is 0 Å². The summed E-state index contributed by atoms with van der Waals surface area (Å²) >= 11 is 0. The summed E-state index contributed by atoms with van der Waals surface area (Å²) in [5, 5.41) is 5.82. The predicted molar refractivity (Wildman–Crippen MR) is 149 cm³/mol. The molecule has 0 fully saturated rings. The number of nitrogens with zero attached hydrogens (tertiary/aromatic N) is 3. The van der Waals surface area contributed by atoms with Crippen LogP contribution in [0.25, 0.3) is 28.3 Å². The molecule has 0 aliphatic heterocycles. The minimum atomic E-state index is -0.374. The van der Waals surface area contributed by atoms with Crippen molar-refractivity contribution in [1.82, 2.24) is 19.9 Å². The number of carbonyl (C=O) groups excluding carboxylic acids is 2. The van der Waals surface area contributed by atoms with Crippen LogP contribution in [0.15, 0.2) is 91.0 Å². The second kappa shape index (κ2) is 11.5. The Bertz CT molecular complexity index is 1610. The van der Waals surface area contributed by atoms with Crippen LogP contribution in [0, 0.1) is 0 Å². The molecule has 0 aliphatic rings. The Kier molecular flexibility index (Phi) is 7.52. The molecule has 5 rings (SSSR count). The zero-order valence-corrected chi connectivity index (χ0v) is 20.9. The molecule has 0 aliphatic carbocycles. The third kappa shape index (κ3) is 5.45. The molecule has 0 unspecified atom stereocenters. The lowest BCUT2D eigenvalue weighted by molar-refractivity contribution is -0.111. The number of hydrogen-bond acceptors (Lipinski definition) is 5. The van der Waals surface area contributed by atoms with Gasteiger partial charge in [-0.3, -0.25) is 9.59 Å². The average molecular weight is 506 g/mol. The van der Waals surface area contributed by atoms with Crippen molar-refractivity contribution < 1.29 is 14.3 Å². The van der Waals surface area contributed by atoms with Crippen LogP contribution in [0.2, 0.25) is 0 Å². The van der Waals surface area contributed by atoms with Gasteiger partial charge in [0.2, 0.25) is 5.91 Å². The van der Waals surface area contributed by atoms with E-state index in [0.29, 0.717) is 47.7 Å². The van der Waals surface area contributed by atoms with Gasteiger partial charge in [0.1, 0.15) is 16.9 Å². The quantitative estimate of drug-likeness (QED) is 0.224. The van der Waals surface area contributed by atoms with Crippen LogP contribution in [0.4, 0.5) is 5.82 Å². The summed E-state index contributed by atoms with van der Waals surface area (Å²) in [6.07, 6.45) is 3.17. The molecule has 0 saturated heterocycles. The molecule has 5 aromatic rings. The van der Waals surface area contributed by atoms with Gasteiger partial charge in [-0.15, -0.1) is 0 Å². The van der Waals surface area contributed by atoms with E-state index in [4.69, 9.17) is 14.7 Å². The molecule has 2 N–H and O–H groups in total. The number of rotatable bonds is 9. The van der Waals surface area contributed by atoms with Gasteiger partial charge in [0.25, 0.3) is 5.91 Å². The lowest BCUT2D eigenvalue weighted by Crippen LogP contribution is -2.28. The van der Waals surface area contributed by atoms with Crippen LogP contribution < -0.4 is 10.6 Å². The Labute approximate surface area is 220 Å². The molecule has 0 saturated carbocycles. The van der Waals surface area contributed by atoms with Crippen molar-refractivity contribution in [2.24, 2.45) is 0 Å². The minimum absolute atomic E-state index is 0.256. The third-order valence-corrected chi connectivity index (χ3v) is 6.02. The number of hydrogen-bond donors (Lipinski definition) is 2. The zero-order valence-electron chi connectivity index (χ0n) is 20.9. The molecular weight excluding hydrogens is 478 g/mol. The van der Waals surface area contributed by atoms with Crippen molar-refractivity contribution in [2.75, 3.05) is 25.6 Å². The number of ether oxygens (including phenoxy) is 1. The van der Waals surface area contributed by atoms with E-state index in [1.165, 1.54) is 6.08 Å². The number of benzene rings is 3. The highest BCUT2D eigenvalue weighted by Gasteiger charge is 2.26. The van der Waals surface area contributed by atoms with Gasteiger partial charge in [-0.25, -0.2) is 9.97 Å². The smallest absolute Gasteiger partial charge is 0.257 e. The summed E-state index contributed by atoms with van der Waals surface area (Å²) in [5.41, 5.74) is 4.40. The molecule has 190 valence electrons. The maximum atomic E-state index is 13.5. The lowest BCUT2D eigenvalue weighted by atomic mass is 10.2. The van der Waals surface area contributed by atoms with Gasteiger partial charge in [-0.05, 0) is 29.3 Å². The van der Waals surface area contributed by atoms with Crippen molar-refractivity contribution in [3.8, 4) is 0 Å². The molecule has 2 aromatic heterocycles. The maximum Gasteiger partial charge on any atom is 0.257 e. The van der Waals surface area contributed by atoms with Crippen LogP contribution in [0.5, 0.6) is 0 Å². The fraction of sp³-hybridized carbons (Fsp3) is 0.133. The number of amides is 2. The SMILES string of the molecule is COCCNC(=O)c1c(NC(=O)C=Cc2ccccc2)n(Cc2ccccc2)c2nc3ccccc3nc12. The summed E-state index contributed by atoms with van der Waals surface area (Å²) in [7, 11) is 1.57. The molecular formula is C30H27N5O3. The van der Waals surface area contributed by atoms with Gasteiger partial charge < -0.3 is 19.9 Å². The van der Waals surface area contributed by atoms with Gasteiger partial charge in [0.15, 0.2) is 5.65 Å². The van der Waals surface area contributed by atoms with Gasteiger partial charge >= 0.3 is 0 Å². The van der Waals surface area contributed by atoms with Gasteiger partial charge in [0.05, 0.1) is 24.2 Å². The molecule has 38 heavy (non-hydrogen) atoms. The highest BCUT2D eigenvalue weighted by Crippen LogP contribution is 2.31. The molecule has 3 aromatic carbocycles. The molecule has 2 heterocycles. The van der Waals surface area contributed by atoms with E-state index >= 15 is 0 Å². The summed E-state index contributed by atoms with van der Waals surface area (Å²) in [4.78, 5) is 36.3. The summed E-state index contributed by atoms with van der Waals surface area (Å²) < 4.78 is 6.94. The minimum Gasteiger partial charge on any atom is -0.383 e. The number of carbonyl (C=O) groups is 2. The first-order valence-electron chi connectivity index (χ1n) is 12.3. The van der Waals surface area contributed by atoms with Crippen molar-refractivity contribution >= 4 is 45.9 Å². The second-order valence-corrected chi connectivity index (χ2v) is 8.66. The summed E-state index contributed by atoms with van der Waals surface area (Å²) in [6, 6.07) is 26.8. The van der Waals surface area contributed by atoms with E-state index in [2.05, 4.69) is 10.6 Å². The van der Waals surface area contributed by atoms with E-state index in [-0.39, 0.29) is 17.4 Å². The van der Waals surface area contributed by atoms with E-state index in [1.54, 1.807) is 13.2 Å². The summed E-state index contributed by atoms with van der Waals surface area (Å²) in [6.45, 7) is 1.04. The molecule has 0 spiro atoms. The van der Waals surface area contributed by atoms with E-state index in [9.17, 15) is 9.59 Å². The molecule has 0 radical (unpaired) electrons. The van der Waals surface area contributed by atoms with Crippen molar-refractivity contribution in [3.63, 3.8) is 0 Å². The first kappa shape index (κ1) is 24.9. The summed E-state index contributed by atoms with van der Waals surface area (Å²) in [5.74, 6) is -0.413. The third-order valence-electron chi connectivity index (χ3n) is 6.02. The standard InChI is InChI=1S/C30H27N5O3/c1-38-19-18-31-30(37)26-27-29(33-24-15-9-8-14-23(24)32-27)35(20-22-12-6-3-7-13-22)28(26)34-25(36)17-16-21-10-4-2-5-11-21/h2-17H,18-20H2,1H3,(H,31,37)(H,34,36). The monoisotopic (exact) mass is 505 g/mol. The van der Waals surface area contributed by atoms with Crippen LogP contribution in [0.1, 0.15) is 21.5 Å². The molecule has 0 bridgehead atoms. The Morgan fingerprint density at radius 1 is 0.895 bits per heavy atom. The fourth-order valence-corrected chi connectivity index (χ4v) is 4.21. The van der Waals surface area contributed by atoms with E-state index in [0.717, 1.165) is 11.1 Å². The average Bonchev–Trinajstić information content (AvgIpc) is 3.23. The Hall–Kier alpha value is -4.82. The van der Waals surface area contributed by atoms with Crippen LogP contribution in [-0.4, -0.2) is 46.6 Å². The highest BCUT2D eigenvalue weighted by atomic mass is 16.5. The number of nitrogens with one attached hydrogen (secondary N) is 2. The molecule has 8 nitrogen and oxygen atoms in total. The number of aromatic nitrogens is 3. The van der Waals surface area contributed by atoms with Crippen molar-refractivity contribution in [3.05, 3.63) is 108 Å². The number of para-hydroxylation sites is 2. The Morgan fingerprint density at radius 3 is 2.26 bits per heavy atom. The highest BCUT2D eigenvalue weighted by molar-refractivity contribution is 6.14.